The number of esters is 2. The minimum absolute atomic E-state index is 0.0432. The molecule has 0 aliphatic carbocycles. The van der Waals surface area contributed by atoms with Crippen molar-refractivity contribution >= 4 is 11.9 Å². The van der Waals surface area contributed by atoms with Crippen molar-refractivity contribution in [2.45, 2.75) is 219 Å². The maximum Gasteiger partial charge on any atom is 0.306 e. The molecule has 0 saturated heterocycles. The van der Waals surface area contributed by atoms with Gasteiger partial charge in [0.05, 0.1) is 6.61 Å². The second kappa shape index (κ2) is 51.9. The van der Waals surface area contributed by atoms with Gasteiger partial charge in [-0.05, 0) is 122 Å². The van der Waals surface area contributed by atoms with Crippen molar-refractivity contribution in [3.63, 3.8) is 0 Å². The Labute approximate surface area is 383 Å². The van der Waals surface area contributed by atoms with E-state index in [2.05, 4.69) is 130 Å². The molecule has 0 fully saturated rings. The first-order chi connectivity index (χ1) is 30.6. The smallest absolute Gasteiger partial charge is 0.306 e. The van der Waals surface area contributed by atoms with E-state index in [0.29, 0.717) is 19.4 Å². The first kappa shape index (κ1) is 58.6. The van der Waals surface area contributed by atoms with Gasteiger partial charge in [0.25, 0.3) is 0 Å². The summed E-state index contributed by atoms with van der Waals surface area (Å²) in [6.45, 7) is 7.47. The maximum atomic E-state index is 12.8. The van der Waals surface area contributed by atoms with E-state index in [4.69, 9.17) is 14.2 Å². The average Bonchev–Trinajstić information content (AvgIpc) is 3.27. The highest BCUT2D eigenvalue weighted by Crippen LogP contribution is 2.12. The highest BCUT2D eigenvalue weighted by atomic mass is 16.6. The largest absolute Gasteiger partial charge is 0.462 e. The number of hydrogen-bond acceptors (Lipinski definition) is 5. The molecule has 5 heteroatoms. The van der Waals surface area contributed by atoms with Gasteiger partial charge in [-0.15, -0.1) is 0 Å². The van der Waals surface area contributed by atoms with Gasteiger partial charge >= 0.3 is 11.9 Å². The summed E-state index contributed by atoms with van der Waals surface area (Å²) >= 11 is 0. The van der Waals surface area contributed by atoms with Crippen molar-refractivity contribution in [3.8, 4) is 0 Å². The molecule has 1 unspecified atom stereocenters. The van der Waals surface area contributed by atoms with E-state index in [1.165, 1.54) is 70.6 Å². The summed E-state index contributed by atoms with van der Waals surface area (Å²) in [5, 5.41) is 0. The Kier molecular flexibility index (Phi) is 49.0. The van der Waals surface area contributed by atoms with Crippen molar-refractivity contribution in [3.05, 3.63) is 109 Å². The lowest BCUT2D eigenvalue weighted by atomic mass is 10.1. The molecule has 0 aromatic heterocycles. The summed E-state index contributed by atoms with van der Waals surface area (Å²) in [6, 6.07) is 0. The minimum Gasteiger partial charge on any atom is -0.462 e. The zero-order chi connectivity index (χ0) is 44.9. The number of ether oxygens (including phenoxy) is 3. The van der Waals surface area contributed by atoms with E-state index >= 15 is 0 Å². The Morgan fingerprint density at radius 3 is 1.19 bits per heavy atom. The van der Waals surface area contributed by atoms with Crippen LogP contribution >= 0.6 is 0 Å². The lowest BCUT2D eigenvalue weighted by Gasteiger charge is -2.18. The third-order valence-corrected chi connectivity index (χ3v) is 10.3. The second-order valence-corrected chi connectivity index (χ2v) is 16.3. The maximum absolute atomic E-state index is 12.8. The summed E-state index contributed by atoms with van der Waals surface area (Å²) < 4.78 is 17.3. The van der Waals surface area contributed by atoms with Crippen molar-refractivity contribution in [2.24, 2.45) is 0 Å². The van der Waals surface area contributed by atoms with Crippen LogP contribution in [0.15, 0.2) is 109 Å². The molecule has 0 aliphatic heterocycles. The fourth-order valence-corrected chi connectivity index (χ4v) is 6.54. The molecule has 0 radical (unpaired) electrons. The van der Waals surface area contributed by atoms with Crippen molar-refractivity contribution in [1.82, 2.24) is 0 Å². The van der Waals surface area contributed by atoms with Crippen molar-refractivity contribution in [2.75, 3.05) is 19.8 Å². The molecule has 0 bridgehead atoms. The highest BCUT2D eigenvalue weighted by Gasteiger charge is 2.17. The number of carbonyl (C=O) groups excluding carboxylic acids is 2. The molecular weight excluding hydrogens is 765 g/mol. The zero-order valence-corrected chi connectivity index (χ0v) is 40.3. The fraction of sp³-hybridized carbons (Fsp3) is 0.649. The Hall–Kier alpha value is -3.44. The normalized spacial score (nSPS) is 13.1. The Morgan fingerprint density at radius 2 is 0.726 bits per heavy atom. The summed E-state index contributed by atoms with van der Waals surface area (Å²) in [6.07, 6.45) is 71.0. The van der Waals surface area contributed by atoms with Gasteiger partial charge in [-0.1, -0.05) is 188 Å². The predicted molar refractivity (Wildman–Crippen MR) is 269 cm³/mol. The van der Waals surface area contributed by atoms with E-state index in [1.54, 1.807) is 0 Å². The van der Waals surface area contributed by atoms with Crippen LogP contribution in [0.4, 0.5) is 0 Å². The van der Waals surface area contributed by atoms with Crippen LogP contribution < -0.4 is 0 Å². The van der Waals surface area contributed by atoms with Gasteiger partial charge in [-0.25, -0.2) is 0 Å². The number of unbranched alkanes of at least 4 members (excludes halogenated alkanes) is 16. The van der Waals surface area contributed by atoms with Crippen LogP contribution in [0, 0.1) is 0 Å². The first-order valence-corrected chi connectivity index (χ1v) is 25.4. The number of rotatable bonds is 45. The summed E-state index contributed by atoms with van der Waals surface area (Å²) in [4.78, 5) is 25.3. The van der Waals surface area contributed by atoms with Gasteiger partial charge in [0.15, 0.2) is 6.10 Å². The molecule has 0 spiro atoms. The topological polar surface area (TPSA) is 61.8 Å². The van der Waals surface area contributed by atoms with Crippen LogP contribution in [0.25, 0.3) is 0 Å². The Morgan fingerprint density at radius 1 is 0.371 bits per heavy atom. The van der Waals surface area contributed by atoms with Gasteiger partial charge in [0, 0.05) is 19.4 Å². The van der Waals surface area contributed by atoms with Crippen molar-refractivity contribution in [1.29, 1.82) is 0 Å². The molecule has 5 nitrogen and oxygen atoms in total. The number of allylic oxidation sites excluding steroid dienone is 18. The lowest BCUT2D eigenvalue weighted by Crippen LogP contribution is -2.30. The quantitative estimate of drug-likeness (QED) is 0.0347. The van der Waals surface area contributed by atoms with Gasteiger partial charge in [0.1, 0.15) is 6.61 Å². The van der Waals surface area contributed by atoms with Crippen LogP contribution in [0.2, 0.25) is 0 Å². The van der Waals surface area contributed by atoms with Crippen LogP contribution in [-0.4, -0.2) is 37.9 Å². The van der Waals surface area contributed by atoms with E-state index in [9.17, 15) is 9.59 Å². The van der Waals surface area contributed by atoms with Crippen LogP contribution in [0.1, 0.15) is 213 Å². The predicted octanol–water partition coefficient (Wildman–Crippen LogP) is 17.2. The number of carbonyl (C=O) groups is 2. The van der Waals surface area contributed by atoms with E-state index in [0.717, 1.165) is 109 Å². The summed E-state index contributed by atoms with van der Waals surface area (Å²) in [7, 11) is 0. The van der Waals surface area contributed by atoms with Gasteiger partial charge in [-0.3, -0.25) is 9.59 Å². The monoisotopic (exact) mass is 859 g/mol. The molecule has 0 N–H and O–H groups in total. The van der Waals surface area contributed by atoms with E-state index < -0.39 is 6.10 Å². The van der Waals surface area contributed by atoms with Gasteiger partial charge in [0.2, 0.25) is 0 Å². The fourth-order valence-electron chi connectivity index (χ4n) is 6.54. The Bertz CT molecular complexity index is 1250. The first-order valence-electron chi connectivity index (χ1n) is 25.4. The van der Waals surface area contributed by atoms with Crippen LogP contribution in [0.5, 0.6) is 0 Å². The van der Waals surface area contributed by atoms with E-state index in [1.807, 2.05) is 0 Å². The molecule has 0 aromatic carbocycles. The van der Waals surface area contributed by atoms with Crippen LogP contribution in [0.3, 0.4) is 0 Å². The van der Waals surface area contributed by atoms with Crippen LogP contribution in [-0.2, 0) is 23.8 Å². The molecule has 352 valence electrons. The minimum atomic E-state index is -0.578. The molecule has 0 aromatic rings. The molecule has 0 rings (SSSR count). The third-order valence-electron chi connectivity index (χ3n) is 10.3. The summed E-state index contributed by atoms with van der Waals surface area (Å²) in [5.41, 5.74) is 0. The standard InChI is InChI=1S/C57H94O5/c1-4-7-10-13-16-19-22-25-27-28-29-31-34-37-40-43-46-49-52-60-53-55(62-57(59)51-48-45-42-39-36-32-24-21-18-15-12-9-6-3)54-61-56(58)50-47-44-41-38-35-33-30-26-23-20-17-14-11-8-5-2/h8-9,11-12,16-21,25-27,30,32,35-36,38,55H,4-7,10,13-15,22-24,28-29,31,33-34,37,39-54H2,1-3H3/b11-8-,12-9-,19-16-,20-17-,21-18-,27-25-,30-26-,36-32-,38-35-. The van der Waals surface area contributed by atoms with E-state index in [-0.39, 0.29) is 25.2 Å². The molecule has 0 saturated carbocycles. The molecule has 0 amide bonds. The summed E-state index contributed by atoms with van der Waals surface area (Å²) in [5.74, 6) is -0.489. The molecule has 0 aliphatic rings. The molecule has 0 heterocycles. The van der Waals surface area contributed by atoms with Gasteiger partial charge < -0.3 is 14.2 Å². The Balaban J connectivity index is 4.39. The SMILES string of the molecule is CC/C=C\C/C=C\C/C=C\C/C=C\CCCCC(=O)OCC(COCCCCCCCCCC/C=C\C/C=C\CCCCC)OC(=O)CCCCC/C=C\C/C=C\C/C=C\CC. The lowest BCUT2D eigenvalue weighted by molar-refractivity contribution is -0.163. The molecule has 1 atom stereocenters. The molecular formula is C57H94O5. The third kappa shape index (κ3) is 49.2. The average molecular weight is 859 g/mol. The number of hydrogen-bond donors (Lipinski definition) is 0. The highest BCUT2D eigenvalue weighted by molar-refractivity contribution is 5.70. The second-order valence-electron chi connectivity index (χ2n) is 16.3. The van der Waals surface area contributed by atoms with Crippen molar-refractivity contribution < 1.29 is 23.8 Å². The van der Waals surface area contributed by atoms with Gasteiger partial charge in [-0.2, -0.15) is 0 Å². The zero-order valence-electron chi connectivity index (χ0n) is 40.3. The molecule has 62 heavy (non-hydrogen) atoms.